The summed E-state index contributed by atoms with van der Waals surface area (Å²) in [6.07, 6.45) is 1.23. The predicted octanol–water partition coefficient (Wildman–Crippen LogP) is 3.91. The van der Waals surface area contributed by atoms with Crippen LogP contribution < -0.4 is 32.1 Å². The molecule has 5 aliphatic rings. The van der Waals surface area contributed by atoms with Gasteiger partial charge < -0.3 is 55.4 Å². The molecule has 11 rings (SSSR count). The minimum absolute atomic E-state index is 0.0424. The summed E-state index contributed by atoms with van der Waals surface area (Å²) in [4.78, 5) is 113. The molecule has 21 heteroatoms. The highest BCUT2D eigenvalue weighted by atomic mass is 19.1. The van der Waals surface area contributed by atoms with Crippen LogP contribution >= 0.6 is 0 Å². The molecule has 6 amide bonds. The second-order valence-electron chi connectivity index (χ2n) is 21.0. The molecule has 0 unspecified atom stereocenters. The van der Waals surface area contributed by atoms with Crippen molar-refractivity contribution in [3.8, 4) is 22.5 Å². The SMILES string of the molecule is Cc1c(F)cc2nc3c(c4c2c1CC[C@@H]4NC(=O)COCNC(=O)CNC(=O)[C@H](Cc1ccccc1)NC(=O)CNC(=O)CN(C)C(=O)OC1c2ccccc2-c2ccccc21)Cn1c-3cc2c(c1=O)COC(=O)[C@]2(O)CC1CC1. The largest absolute Gasteiger partial charge is 0.458 e. The van der Waals surface area contributed by atoms with Crippen molar-refractivity contribution in [2.24, 2.45) is 5.92 Å². The summed E-state index contributed by atoms with van der Waals surface area (Å²) in [5, 5.41) is 25.6. The first-order valence-corrected chi connectivity index (χ1v) is 26.5. The molecule has 0 spiro atoms. The summed E-state index contributed by atoms with van der Waals surface area (Å²) >= 11 is 0. The Labute approximate surface area is 457 Å². The standard InChI is InChI=1S/C59H57FN8O12/c1-31-34-18-19-43(52-39-26-68-46(53(39)66-44(51(34)52)22-42(31)60)21-41-40(56(68)74)28-79-57(75)59(41,77)23-33-16-17-33)64-50(72)29-78-30-63-47(69)24-62-55(73)45(20-32-10-4-3-5-11-32)65-48(70)25-61-49(71)27-67(2)58(76)80-54-37-14-8-6-12-35(37)36-13-7-9-15-38(36)54/h3-15,21-22,33,43,45,54,77H,16-20,23-30H2,1-2H3,(H,61,71)(H,62,73)(H,63,69)(H,64,72)(H,65,70)/t43-,45-,59-/m0/s1. The molecule has 3 aliphatic carbocycles. The number of aryl methyl sites for hydroxylation is 1. The maximum Gasteiger partial charge on any atom is 0.410 e. The Morgan fingerprint density at radius 2 is 1.55 bits per heavy atom. The quantitative estimate of drug-likeness (QED) is 0.0405. The van der Waals surface area contributed by atoms with E-state index in [9.17, 15) is 43.5 Å². The van der Waals surface area contributed by atoms with Gasteiger partial charge in [0.2, 0.25) is 29.5 Å². The Hall–Kier alpha value is -8.82. The number of cyclic esters (lactones) is 1. The smallest absolute Gasteiger partial charge is 0.410 e. The number of aromatic nitrogens is 2. The summed E-state index contributed by atoms with van der Waals surface area (Å²) in [6.45, 7) is -0.910. The van der Waals surface area contributed by atoms with Crippen LogP contribution in [0.3, 0.4) is 0 Å². The van der Waals surface area contributed by atoms with Gasteiger partial charge in [0.25, 0.3) is 5.56 Å². The first-order valence-electron chi connectivity index (χ1n) is 26.5. The highest BCUT2D eigenvalue weighted by molar-refractivity contribution is 5.95. The van der Waals surface area contributed by atoms with Crippen molar-refractivity contribution < 1.29 is 57.3 Å². The van der Waals surface area contributed by atoms with Crippen LogP contribution in [0.25, 0.3) is 33.4 Å². The molecule has 1 saturated carbocycles. The maximum atomic E-state index is 15.5. The number of hydrogen-bond acceptors (Lipinski definition) is 13. The lowest BCUT2D eigenvalue weighted by molar-refractivity contribution is -0.173. The van der Waals surface area contributed by atoms with Gasteiger partial charge >= 0.3 is 12.1 Å². The zero-order valence-electron chi connectivity index (χ0n) is 43.8. The number of halogens is 1. The van der Waals surface area contributed by atoms with Gasteiger partial charge in [0.15, 0.2) is 11.7 Å². The highest BCUT2D eigenvalue weighted by Crippen LogP contribution is 2.49. The summed E-state index contributed by atoms with van der Waals surface area (Å²) in [7, 11) is 1.40. The average molecular weight is 1090 g/mol. The van der Waals surface area contributed by atoms with Crippen LogP contribution in [0.15, 0.2) is 95.8 Å². The van der Waals surface area contributed by atoms with E-state index in [1.165, 1.54) is 17.7 Å². The van der Waals surface area contributed by atoms with E-state index in [4.69, 9.17) is 19.2 Å². The van der Waals surface area contributed by atoms with Gasteiger partial charge in [-0.3, -0.25) is 28.8 Å². The van der Waals surface area contributed by atoms with E-state index >= 15 is 4.39 Å². The molecule has 4 heterocycles. The molecule has 2 aliphatic heterocycles. The van der Waals surface area contributed by atoms with Crippen LogP contribution in [0.4, 0.5) is 9.18 Å². The number of benzene rings is 4. The van der Waals surface area contributed by atoms with Crippen LogP contribution in [0.1, 0.15) is 87.9 Å². The van der Waals surface area contributed by atoms with E-state index < -0.39 is 110 Å². The van der Waals surface area contributed by atoms with Crippen LogP contribution in [0.2, 0.25) is 0 Å². The molecule has 4 aromatic carbocycles. The van der Waals surface area contributed by atoms with Crippen molar-refractivity contribution in [1.82, 2.24) is 41.0 Å². The van der Waals surface area contributed by atoms with E-state index in [-0.39, 0.29) is 43.0 Å². The molecule has 6 N–H and O–H groups in total. The second kappa shape index (κ2) is 21.8. The number of aliphatic hydroxyl groups is 1. The fraction of sp³-hybridized carbons (Fsp3) is 0.339. The minimum Gasteiger partial charge on any atom is -0.458 e. The molecule has 80 heavy (non-hydrogen) atoms. The molecule has 0 radical (unpaired) electrons. The zero-order valence-corrected chi connectivity index (χ0v) is 43.8. The Balaban J connectivity index is 0.674. The molecule has 2 aromatic heterocycles. The third-order valence-electron chi connectivity index (χ3n) is 15.6. The van der Waals surface area contributed by atoms with E-state index in [2.05, 4.69) is 26.6 Å². The number of hydrogen-bond donors (Lipinski definition) is 6. The lowest BCUT2D eigenvalue weighted by atomic mass is 9.81. The lowest BCUT2D eigenvalue weighted by Gasteiger charge is -2.32. The third kappa shape index (κ3) is 10.4. The molecule has 412 valence electrons. The van der Waals surface area contributed by atoms with Crippen molar-refractivity contribution >= 4 is 52.5 Å². The number of esters is 1. The number of nitrogens with one attached hydrogen (secondary N) is 5. The van der Waals surface area contributed by atoms with Gasteiger partial charge in [0, 0.05) is 47.2 Å². The maximum absolute atomic E-state index is 15.5. The molecule has 0 bridgehead atoms. The van der Waals surface area contributed by atoms with Crippen LogP contribution in [0.5, 0.6) is 0 Å². The van der Waals surface area contributed by atoms with Gasteiger partial charge in [0.05, 0.1) is 48.1 Å². The van der Waals surface area contributed by atoms with Crippen molar-refractivity contribution in [3.63, 3.8) is 0 Å². The first-order chi connectivity index (χ1) is 38.6. The zero-order chi connectivity index (χ0) is 56.0. The number of fused-ring (bicyclic) bond motifs is 8. The Morgan fingerprint density at radius 3 is 2.27 bits per heavy atom. The summed E-state index contributed by atoms with van der Waals surface area (Å²) in [5.41, 5.74) is 5.71. The molecule has 6 aromatic rings. The molecule has 0 saturated heterocycles. The number of likely N-dealkylation sites (N-methyl/N-ethyl adjacent to an activating group) is 1. The van der Waals surface area contributed by atoms with Crippen LogP contribution in [0, 0.1) is 18.7 Å². The number of carbonyl (C=O) groups is 7. The van der Waals surface area contributed by atoms with E-state index in [1.54, 1.807) is 43.3 Å². The number of ether oxygens (including phenoxy) is 3. The van der Waals surface area contributed by atoms with E-state index in [0.29, 0.717) is 57.4 Å². The van der Waals surface area contributed by atoms with Crippen LogP contribution in [-0.4, -0.2) is 107 Å². The van der Waals surface area contributed by atoms with Gasteiger partial charge in [-0.05, 0) is 71.6 Å². The summed E-state index contributed by atoms with van der Waals surface area (Å²) in [5.74, 6) is -4.42. The number of amides is 6. The lowest BCUT2D eigenvalue weighted by Crippen LogP contribution is -2.52. The highest BCUT2D eigenvalue weighted by Gasteiger charge is 2.50. The fourth-order valence-corrected chi connectivity index (χ4v) is 11.4. The normalized spacial score (nSPS) is 17.6. The summed E-state index contributed by atoms with van der Waals surface area (Å²) < 4.78 is 33.7. The molecular weight excluding hydrogens is 1030 g/mol. The van der Waals surface area contributed by atoms with Crippen molar-refractivity contribution in [1.29, 1.82) is 0 Å². The van der Waals surface area contributed by atoms with Gasteiger partial charge in [-0.1, -0.05) is 91.7 Å². The third-order valence-corrected chi connectivity index (χ3v) is 15.6. The van der Waals surface area contributed by atoms with Crippen LogP contribution in [-0.2, 0) is 74.6 Å². The molecule has 1 fully saturated rings. The monoisotopic (exact) mass is 1090 g/mol. The first kappa shape index (κ1) is 53.2. The Kier molecular flexibility index (Phi) is 14.5. The van der Waals surface area contributed by atoms with E-state index in [0.717, 1.165) is 45.6 Å². The number of carbonyl (C=O) groups excluding carboxylic acids is 7. The van der Waals surface area contributed by atoms with Crippen molar-refractivity contribution in [2.45, 2.75) is 82.4 Å². The Morgan fingerprint density at radius 1 is 0.850 bits per heavy atom. The molecule has 3 atom stereocenters. The Bertz CT molecular complexity index is 3580. The second-order valence-corrected chi connectivity index (χ2v) is 21.0. The van der Waals surface area contributed by atoms with Gasteiger partial charge in [0.1, 0.15) is 38.3 Å². The number of pyridine rings is 2. The van der Waals surface area contributed by atoms with Crippen molar-refractivity contribution in [3.05, 3.63) is 157 Å². The minimum atomic E-state index is -2.01. The van der Waals surface area contributed by atoms with Gasteiger partial charge in [-0.2, -0.15) is 0 Å². The predicted molar refractivity (Wildman–Crippen MR) is 285 cm³/mol. The molecule has 20 nitrogen and oxygen atoms in total. The van der Waals surface area contributed by atoms with Crippen molar-refractivity contribution in [2.75, 3.05) is 40.0 Å². The van der Waals surface area contributed by atoms with E-state index in [1.807, 2.05) is 48.5 Å². The average Bonchev–Trinajstić information content (AvgIpc) is 4.19. The molecular formula is C59H57FN8O12. The summed E-state index contributed by atoms with van der Waals surface area (Å²) in [6, 6.07) is 25.2. The van der Waals surface area contributed by atoms with Gasteiger partial charge in [-0.15, -0.1) is 0 Å². The fourth-order valence-electron chi connectivity index (χ4n) is 11.4. The number of rotatable bonds is 18. The van der Waals surface area contributed by atoms with Gasteiger partial charge in [-0.25, -0.2) is 19.0 Å². The topological polar surface area (TPSA) is 266 Å². The number of nitrogens with zero attached hydrogens (tertiary/aromatic N) is 3.